The van der Waals surface area contributed by atoms with E-state index in [0.717, 1.165) is 0 Å². The predicted octanol–water partition coefficient (Wildman–Crippen LogP) is 29.0. The number of rotatable bonds is 38. The second-order valence-electron chi connectivity index (χ2n) is 29.1. The summed E-state index contributed by atoms with van der Waals surface area (Å²) >= 11 is 0. The van der Waals surface area contributed by atoms with Crippen LogP contribution in [0.15, 0.2) is 170 Å². The first-order valence-corrected chi connectivity index (χ1v) is 38.5. The van der Waals surface area contributed by atoms with E-state index in [1.165, 1.54) is 271 Å². The van der Waals surface area contributed by atoms with E-state index >= 15 is 0 Å². The molecule has 3 aliphatic rings. The molecule has 0 bridgehead atoms. The normalized spacial score (nSPS) is 14.5. The molecule has 0 amide bonds. The van der Waals surface area contributed by atoms with Crippen molar-refractivity contribution >= 4 is 48.6 Å². The summed E-state index contributed by atoms with van der Waals surface area (Å²) in [6.07, 6.45) is 57.1. The van der Waals surface area contributed by atoms with Crippen LogP contribution in [0.5, 0.6) is 0 Å². The molecule has 0 spiro atoms. The van der Waals surface area contributed by atoms with Crippen LogP contribution in [0.4, 0.5) is 0 Å². The van der Waals surface area contributed by atoms with E-state index in [9.17, 15) is 0 Å². The smallest absolute Gasteiger partial charge is 0.0215 e. The third-order valence-corrected chi connectivity index (χ3v) is 22.5. The maximum atomic E-state index is 2.58. The predicted molar refractivity (Wildman–Crippen MR) is 419 cm³/mol. The first-order valence-electron chi connectivity index (χ1n) is 38.5. The highest BCUT2D eigenvalue weighted by Crippen LogP contribution is 2.58. The lowest BCUT2D eigenvalue weighted by atomic mass is 9.70. The molecule has 0 fully saturated rings. The Balaban J connectivity index is 0.802. The van der Waals surface area contributed by atoms with Crippen LogP contribution in [-0.4, -0.2) is 0 Å². The summed E-state index contributed by atoms with van der Waals surface area (Å²) in [7, 11) is 0. The van der Waals surface area contributed by atoms with Gasteiger partial charge < -0.3 is 0 Å². The van der Waals surface area contributed by atoms with Gasteiger partial charge in [0.15, 0.2) is 0 Å². The second kappa shape index (κ2) is 34.1. The lowest BCUT2D eigenvalue weighted by molar-refractivity contribution is 0.401. The molecule has 8 aromatic rings. The fraction of sp³-hybridized carbons (Fsp3) is 0.411. The van der Waals surface area contributed by atoms with Crippen molar-refractivity contribution in [2.24, 2.45) is 0 Å². The molecule has 0 unspecified atom stereocenters. The van der Waals surface area contributed by atoms with Crippen LogP contribution in [0.2, 0.25) is 0 Å². The van der Waals surface area contributed by atoms with Gasteiger partial charge in [-0.15, -0.1) is 0 Å². The average Bonchev–Trinajstić information content (AvgIpc) is 1.59. The lowest BCUT2D eigenvalue weighted by Crippen LogP contribution is -2.25. The van der Waals surface area contributed by atoms with Crippen LogP contribution < -0.4 is 0 Å². The van der Waals surface area contributed by atoms with E-state index in [-0.39, 0.29) is 16.2 Å². The Morgan fingerprint density at radius 1 is 0.189 bits per heavy atom. The van der Waals surface area contributed by atoms with Crippen molar-refractivity contribution in [1.82, 2.24) is 0 Å². The number of benzene rings is 8. The van der Waals surface area contributed by atoms with E-state index in [1.54, 1.807) is 33.4 Å². The van der Waals surface area contributed by atoms with Gasteiger partial charge in [0.05, 0.1) is 0 Å². The van der Waals surface area contributed by atoms with Gasteiger partial charge in [0.2, 0.25) is 0 Å². The summed E-state index contributed by atoms with van der Waals surface area (Å²) in [4.78, 5) is 0. The Labute approximate surface area is 576 Å². The van der Waals surface area contributed by atoms with Crippen LogP contribution >= 0.6 is 0 Å². The molecule has 0 heteroatoms. The summed E-state index contributed by atoms with van der Waals surface area (Å²) in [5, 5.41) is 0. The SMILES string of the molecule is CCCCCCC1(CCCCCC)c2ccccc2-c2ccc(/C=C/c3ccc(/C=C/c4ccc5c(c4)C(CCCCCC)(CCCCCC)c4cc(/C=C/c6ccc(/C=C/c7ccc8c(c7)C(CCCCCC)(CCCCCC)c7ccccc7-8)cc6)ccc4-5)cc3)cc21. The first-order chi connectivity index (χ1) is 46.8. The Morgan fingerprint density at radius 2 is 0.379 bits per heavy atom. The molecule has 0 N–H and O–H groups in total. The Kier molecular flexibility index (Phi) is 24.8. The van der Waals surface area contributed by atoms with E-state index in [1.807, 2.05) is 0 Å². The summed E-state index contributed by atoms with van der Waals surface area (Å²) in [5.41, 5.74) is 28.4. The first kappa shape index (κ1) is 69.1. The monoisotopic (exact) mass is 1250 g/mol. The molecule has 11 rings (SSSR count). The molecular weight excluding hydrogens is 1140 g/mol. The topological polar surface area (TPSA) is 0 Å². The van der Waals surface area contributed by atoms with Crippen LogP contribution in [0.25, 0.3) is 82.0 Å². The Bertz CT molecular complexity index is 3590. The van der Waals surface area contributed by atoms with Gasteiger partial charge in [0.1, 0.15) is 0 Å². The van der Waals surface area contributed by atoms with Crippen LogP contribution in [0.3, 0.4) is 0 Å². The maximum Gasteiger partial charge on any atom is 0.0215 e. The highest BCUT2D eigenvalue weighted by Gasteiger charge is 2.45. The molecule has 0 saturated carbocycles. The average molecular weight is 1260 g/mol. The minimum Gasteiger partial charge on any atom is -0.0654 e. The minimum absolute atomic E-state index is 0.0109. The third-order valence-electron chi connectivity index (χ3n) is 22.5. The summed E-state index contributed by atoms with van der Waals surface area (Å²) in [6, 6.07) is 66.6. The molecule has 0 aromatic heterocycles. The second-order valence-corrected chi connectivity index (χ2v) is 29.1. The van der Waals surface area contributed by atoms with Gasteiger partial charge >= 0.3 is 0 Å². The van der Waals surface area contributed by atoms with Gasteiger partial charge in [-0.1, -0.05) is 414 Å². The van der Waals surface area contributed by atoms with E-state index in [4.69, 9.17) is 0 Å². The number of hydrogen-bond acceptors (Lipinski definition) is 0. The zero-order chi connectivity index (χ0) is 65.7. The fourth-order valence-electron chi connectivity index (χ4n) is 17.2. The molecule has 3 aliphatic carbocycles. The quantitative estimate of drug-likeness (QED) is 0.0267. The fourth-order valence-corrected chi connectivity index (χ4v) is 17.2. The maximum absolute atomic E-state index is 2.58. The zero-order valence-electron chi connectivity index (χ0n) is 59.5. The number of hydrogen-bond donors (Lipinski definition) is 0. The van der Waals surface area contributed by atoms with Crippen molar-refractivity contribution < 1.29 is 0 Å². The van der Waals surface area contributed by atoms with Crippen molar-refractivity contribution in [3.05, 3.63) is 248 Å². The van der Waals surface area contributed by atoms with Gasteiger partial charge in [0.25, 0.3) is 0 Å². The van der Waals surface area contributed by atoms with Gasteiger partial charge in [-0.3, -0.25) is 0 Å². The largest absolute Gasteiger partial charge is 0.0654 e. The number of fused-ring (bicyclic) bond motifs is 9. The summed E-state index contributed by atoms with van der Waals surface area (Å²) in [5.74, 6) is 0. The molecule has 0 aliphatic heterocycles. The molecule has 8 aromatic carbocycles. The highest BCUT2D eigenvalue weighted by atomic mass is 14.5. The van der Waals surface area contributed by atoms with Crippen LogP contribution in [-0.2, 0) is 16.2 Å². The molecular formula is C95H114. The molecule has 0 nitrogen and oxygen atoms in total. The van der Waals surface area contributed by atoms with Crippen LogP contribution in [0.1, 0.15) is 312 Å². The van der Waals surface area contributed by atoms with Crippen molar-refractivity contribution in [2.75, 3.05) is 0 Å². The molecule has 494 valence electrons. The third kappa shape index (κ3) is 16.1. The van der Waals surface area contributed by atoms with Crippen molar-refractivity contribution in [3.63, 3.8) is 0 Å². The lowest BCUT2D eigenvalue weighted by Gasteiger charge is -2.33. The Hall–Kier alpha value is -7.28. The van der Waals surface area contributed by atoms with Gasteiger partial charge in [-0.25, -0.2) is 0 Å². The molecule has 0 radical (unpaired) electrons. The molecule has 95 heavy (non-hydrogen) atoms. The van der Waals surface area contributed by atoms with Gasteiger partial charge in [-0.2, -0.15) is 0 Å². The molecule has 0 atom stereocenters. The van der Waals surface area contributed by atoms with Crippen molar-refractivity contribution in [3.8, 4) is 33.4 Å². The molecule has 0 saturated heterocycles. The van der Waals surface area contributed by atoms with Crippen molar-refractivity contribution in [2.45, 2.75) is 250 Å². The molecule has 0 heterocycles. The van der Waals surface area contributed by atoms with Crippen LogP contribution in [0, 0.1) is 0 Å². The van der Waals surface area contributed by atoms with E-state index < -0.39 is 0 Å². The van der Waals surface area contributed by atoms with E-state index in [2.05, 4.69) is 260 Å². The number of unbranched alkanes of at least 4 members (excludes halogenated alkanes) is 18. The van der Waals surface area contributed by atoms with Gasteiger partial charge in [0, 0.05) is 16.2 Å². The highest BCUT2D eigenvalue weighted by molar-refractivity contribution is 5.87. The standard InChI is InChI=1S/C95H114/c1-7-13-19-29-63-93(64-30-20-14-8-2)87-37-27-25-35-81(87)83-59-55-77(69-89(83)93)51-47-73-39-43-75(44-40-73)49-53-79-57-61-85-86-62-58-80(72-92(86)95(91(85)71-79,67-33-23-17-11-5)68-34-24-18-12-6)54-50-76-45-41-74(42-46-76)48-52-78-56-60-84-82-36-26-28-38-88(82)94(90(84)70-78,65-31-21-15-9-3)66-32-22-16-10-4/h25-28,35-62,69-72H,7-24,29-34,63-68H2,1-6H3/b51-47+,52-48+,53-49+,54-50+. The zero-order valence-corrected chi connectivity index (χ0v) is 59.5. The minimum atomic E-state index is -0.0109. The summed E-state index contributed by atoms with van der Waals surface area (Å²) in [6.45, 7) is 14.0. The van der Waals surface area contributed by atoms with E-state index in [0.29, 0.717) is 0 Å². The Morgan fingerprint density at radius 3 is 0.611 bits per heavy atom. The summed E-state index contributed by atoms with van der Waals surface area (Å²) < 4.78 is 0. The van der Waals surface area contributed by atoms with Crippen molar-refractivity contribution in [1.29, 1.82) is 0 Å². The van der Waals surface area contributed by atoms with Gasteiger partial charge in [-0.05, 0) is 150 Å².